The van der Waals surface area contributed by atoms with Crippen molar-refractivity contribution < 1.29 is 9.53 Å². The fourth-order valence-corrected chi connectivity index (χ4v) is 2.91. The van der Waals surface area contributed by atoms with Gasteiger partial charge in [-0.1, -0.05) is 30.3 Å². The molecule has 5 nitrogen and oxygen atoms in total. The smallest absolute Gasteiger partial charge is 0.251 e. The molecule has 3 aromatic rings. The maximum Gasteiger partial charge on any atom is 0.251 e. The second-order valence-corrected chi connectivity index (χ2v) is 6.24. The first-order chi connectivity index (χ1) is 12.6. The molecule has 0 fully saturated rings. The summed E-state index contributed by atoms with van der Waals surface area (Å²) in [6.45, 7) is 4.67. The Morgan fingerprint density at radius 1 is 1.19 bits per heavy atom. The van der Waals surface area contributed by atoms with Gasteiger partial charge in [0.2, 0.25) is 0 Å². The minimum absolute atomic E-state index is 0.103. The standard InChI is InChI=1S/C21H23N3O2/c1-15(19-6-4-5-7-20(19)26-3)23-21(25)18-10-8-17(9-11-18)14-24-13-12-22-16(24)2/h4-13,15H,14H2,1-3H3,(H,23,25)/t15-/m1/s1. The molecule has 1 amide bonds. The Morgan fingerprint density at radius 2 is 1.92 bits per heavy atom. The second kappa shape index (κ2) is 7.87. The van der Waals surface area contributed by atoms with Gasteiger partial charge in [0.15, 0.2) is 0 Å². The molecule has 0 aliphatic heterocycles. The van der Waals surface area contributed by atoms with E-state index in [1.807, 2.05) is 68.6 Å². The van der Waals surface area contributed by atoms with Gasteiger partial charge in [0.1, 0.15) is 11.6 Å². The summed E-state index contributed by atoms with van der Waals surface area (Å²) in [7, 11) is 1.63. The van der Waals surface area contributed by atoms with Crippen molar-refractivity contribution >= 4 is 5.91 Å². The van der Waals surface area contributed by atoms with Crippen LogP contribution in [0.1, 0.15) is 40.3 Å². The van der Waals surface area contributed by atoms with Crippen LogP contribution in [0.3, 0.4) is 0 Å². The average molecular weight is 349 g/mol. The van der Waals surface area contributed by atoms with Crippen molar-refractivity contribution in [3.63, 3.8) is 0 Å². The number of hydrogen-bond donors (Lipinski definition) is 1. The summed E-state index contributed by atoms with van der Waals surface area (Å²) in [5.74, 6) is 1.64. The molecule has 0 unspecified atom stereocenters. The highest BCUT2D eigenvalue weighted by Gasteiger charge is 2.14. The molecule has 0 radical (unpaired) electrons. The molecular formula is C21H23N3O2. The molecule has 0 saturated carbocycles. The second-order valence-electron chi connectivity index (χ2n) is 6.24. The number of hydrogen-bond acceptors (Lipinski definition) is 3. The summed E-state index contributed by atoms with van der Waals surface area (Å²) in [5.41, 5.74) is 2.72. The minimum atomic E-state index is -0.146. The Morgan fingerprint density at radius 3 is 2.58 bits per heavy atom. The van der Waals surface area contributed by atoms with Crippen LogP contribution in [0.2, 0.25) is 0 Å². The summed E-state index contributed by atoms with van der Waals surface area (Å²) < 4.78 is 7.44. The average Bonchev–Trinajstić information content (AvgIpc) is 3.06. The molecule has 0 saturated heterocycles. The molecule has 2 aromatic carbocycles. The number of nitrogens with one attached hydrogen (secondary N) is 1. The van der Waals surface area contributed by atoms with Crippen LogP contribution in [0.15, 0.2) is 60.9 Å². The van der Waals surface area contributed by atoms with E-state index in [2.05, 4.69) is 14.9 Å². The van der Waals surface area contributed by atoms with Crippen molar-refractivity contribution in [1.82, 2.24) is 14.9 Å². The molecule has 1 heterocycles. The first-order valence-electron chi connectivity index (χ1n) is 8.59. The van der Waals surface area contributed by atoms with E-state index in [1.54, 1.807) is 13.3 Å². The van der Waals surface area contributed by atoms with E-state index in [4.69, 9.17) is 4.74 Å². The Hall–Kier alpha value is -3.08. The Balaban J connectivity index is 1.67. The summed E-state index contributed by atoms with van der Waals surface area (Å²) in [4.78, 5) is 16.8. The van der Waals surface area contributed by atoms with Crippen molar-refractivity contribution in [2.24, 2.45) is 0 Å². The van der Waals surface area contributed by atoms with Crippen molar-refractivity contribution in [1.29, 1.82) is 0 Å². The van der Waals surface area contributed by atoms with E-state index in [0.717, 1.165) is 29.2 Å². The van der Waals surface area contributed by atoms with Gasteiger partial charge in [-0.3, -0.25) is 4.79 Å². The van der Waals surface area contributed by atoms with Crippen LogP contribution < -0.4 is 10.1 Å². The number of nitrogens with zero attached hydrogens (tertiary/aromatic N) is 2. The lowest BCUT2D eigenvalue weighted by molar-refractivity contribution is 0.0939. The summed E-state index contributed by atoms with van der Waals surface area (Å²) in [5, 5.41) is 3.03. The van der Waals surface area contributed by atoms with Crippen molar-refractivity contribution in [3.8, 4) is 5.75 Å². The first kappa shape index (κ1) is 17.7. The van der Waals surface area contributed by atoms with Crippen LogP contribution >= 0.6 is 0 Å². The largest absolute Gasteiger partial charge is 0.496 e. The van der Waals surface area contributed by atoms with Gasteiger partial charge in [-0.05, 0) is 37.6 Å². The highest BCUT2D eigenvalue weighted by Crippen LogP contribution is 2.24. The predicted molar refractivity (Wildman–Crippen MR) is 101 cm³/mol. The number of carbonyl (C=O) groups excluding carboxylic acids is 1. The number of aromatic nitrogens is 2. The summed E-state index contributed by atoms with van der Waals surface area (Å²) in [6, 6.07) is 15.2. The van der Waals surface area contributed by atoms with Crippen LogP contribution in [0.4, 0.5) is 0 Å². The van der Waals surface area contributed by atoms with Gasteiger partial charge in [0, 0.05) is 30.1 Å². The Bertz CT molecular complexity index is 884. The first-order valence-corrected chi connectivity index (χ1v) is 8.59. The monoisotopic (exact) mass is 349 g/mol. The zero-order valence-corrected chi connectivity index (χ0v) is 15.3. The van der Waals surface area contributed by atoms with Crippen LogP contribution in [-0.4, -0.2) is 22.6 Å². The van der Waals surface area contributed by atoms with Gasteiger partial charge in [-0.15, -0.1) is 0 Å². The van der Waals surface area contributed by atoms with Crippen molar-refractivity contribution in [3.05, 3.63) is 83.4 Å². The zero-order chi connectivity index (χ0) is 18.5. The van der Waals surface area contributed by atoms with Crippen LogP contribution in [0.5, 0.6) is 5.75 Å². The third kappa shape index (κ3) is 3.94. The molecule has 134 valence electrons. The molecule has 1 N–H and O–H groups in total. The van der Waals surface area contributed by atoms with Crippen molar-refractivity contribution in [2.75, 3.05) is 7.11 Å². The lowest BCUT2D eigenvalue weighted by atomic mass is 10.1. The SMILES string of the molecule is COc1ccccc1[C@@H](C)NC(=O)c1ccc(Cn2ccnc2C)cc1. The van der Waals surface area contributed by atoms with Crippen molar-refractivity contribution in [2.45, 2.75) is 26.4 Å². The molecule has 5 heteroatoms. The number of aryl methyl sites for hydroxylation is 1. The highest BCUT2D eigenvalue weighted by molar-refractivity contribution is 5.94. The molecule has 1 aromatic heterocycles. The van der Waals surface area contributed by atoms with Gasteiger partial charge in [0.25, 0.3) is 5.91 Å². The van der Waals surface area contributed by atoms with Gasteiger partial charge in [-0.25, -0.2) is 4.98 Å². The van der Waals surface area contributed by atoms with E-state index in [-0.39, 0.29) is 11.9 Å². The quantitative estimate of drug-likeness (QED) is 0.737. The third-order valence-electron chi connectivity index (χ3n) is 4.45. The maximum absolute atomic E-state index is 12.5. The van der Waals surface area contributed by atoms with Crippen LogP contribution in [-0.2, 0) is 6.54 Å². The highest BCUT2D eigenvalue weighted by atomic mass is 16.5. The Labute approximate surface area is 153 Å². The third-order valence-corrected chi connectivity index (χ3v) is 4.45. The maximum atomic E-state index is 12.5. The van der Waals surface area contributed by atoms with Gasteiger partial charge < -0.3 is 14.6 Å². The van der Waals surface area contributed by atoms with Gasteiger partial charge in [0.05, 0.1) is 13.2 Å². The number of imidazole rings is 1. The lowest BCUT2D eigenvalue weighted by Gasteiger charge is -2.17. The molecule has 0 aliphatic carbocycles. The fraction of sp³-hybridized carbons (Fsp3) is 0.238. The molecule has 3 rings (SSSR count). The van der Waals surface area contributed by atoms with Gasteiger partial charge >= 0.3 is 0 Å². The van der Waals surface area contributed by atoms with Gasteiger partial charge in [-0.2, -0.15) is 0 Å². The van der Waals surface area contributed by atoms with E-state index >= 15 is 0 Å². The lowest BCUT2D eigenvalue weighted by Crippen LogP contribution is -2.26. The molecule has 0 spiro atoms. The number of ether oxygens (including phenoxy) is 1. The molecule has 0 aliphatic rings. The van der Waals surface area contributed by atoms with Crippen LogP contribution in [0, 0.1) is 6.92 Å². The summed E-state index contributed by atoms with van der Waals surface area (Å²) >= 11 is 0. The summed E-state index contributed by atoms with van der Waals surface area (Å²) in [6.07, 6.45) is 3.74. The van der Waals surface area contributed by atoms with E-state index < -0.39 is 0 Å². The van der Waals surface area contributed by atoms with E-state index in [0.29, 0.717) is 5.56 Å². The predicted octanol–water partition coefficient (Wildman–Crippen LogP) is 3.74. The zero-order valence-electron chi connectivity index (χ0n) is 15.3. The normalized spacial score (nSPS) is 11.8. The number of carbonyl (C=O) groups is 1. The number of rotatable bonds is 6. The molecule has 26 heavy (non-hydrogen) atoms. The number of para-hydroxylation sites is 1. The van der Waals surface area contributed by atoms with E-state index in [1.165, 1.54) is 0 Å². The molecule has 0 bridgehead atoms. The van der Waals surface area contributed by atoms with E-state index in [9.17, 15) is 4.79 Å². The topological polar surface area (TPSA) is 56.1 Å². The van der Waals surface area contributed by atoms with Crippen LogP contribution in [0.25, 0.3) is 0 Å². The number of amides is 1. The molecular weight excluding hydrogens is 326 g/mol. The number of methoxy groups -OCH3 is 1. The minimum Gasteiger partial charge on any atom is -0.496 e. The number of benzene rings is 2. The fourth-order valence-electron chi connectivity index (χ4n) is 2.91. The Kier molecular flexibility index (Phi) is 5.37. The molecule has 1 atom stereocenters.